The van der Waals surface area contributed by atoms with Crippen LogP contribution in [0.2, 0.25) is 0 Å². The molecule has 0 bridgehead atoms. The van der Waals surface area contributed by atoms with Crippen LogP contribution in [0, 0.1) is 10.3 Å². The van der Waals surface area contributed by atoms with Gasteiger partial charge >= 0.3 is 0 Å². The third kappa shape index (κ3) is 3.73. The highest BCUT2D eigenvalue weighted by atomic mass is 16.3. The van der Waals surface area contributed by atoms with Crippen LogP contribution < -0.4 is 4.90 Å². The maximum Gasteiger partial charge on any atom is 0.196 e. The van der Waals surface area contributed by atoms with Gasteiger partial charge < -0.3 is 10.0 Å². The lowest BCUT2D eigenvalue weighted by Gasteiger charge is -2.42. The number of hydrogen-bond donors (Lipinski definition) is 1. The number of pyridine rings is 1. The summed E-state index contributed by atoms with van der Waals surface area (Å²) in [6, 6.07) is 3.46. The third-order valence-corrected chi connectivity index (χ3v) is 3.36. The van der Waals surface area contributed by atoms with E-state index in [-0.39, 0.29) is 17.3 Å². The Balaban J connectivity index is 0.000000861. The van der Waals surface area contributed by atoms with Crippen LogP contribution in [0.15, 0.2) is 23.5 Å². The molecule has 0 spiro atoms. The van der Waals surface area contributed by atoms with Crippen molar-refractivity contribution in [3.05, 3.63) is 23.2 Å². The second-order valence-electron chi connectivity index (χ2n) is 5.18. The molecule has 5 heteroatoms. The summed E-state index contributed by atoms with van der Waals surface area (Å²) in [6.07, 6.45) is 2.15. The molecule has 5 nitrogen and oxygen atoms in total. The van der Waals surface area contributed by atoms with Gasteiger partial charge in [-0.3, -0.25) is 0 Å². The van der Waals surface area contributed by atoms with Crippen LogP contribution in [-0.4, -0.2) is 29.3 Å². The highest BCUT2D eigenvalue weighted by Crippen LogP contribution is 2.32. The van der Waals surface area contributed by atoms with E-state index in [0.717, 1.165) is 25.2 Å². The van der Waals surface area contributed by atoms with E-state index in [4.69, 9.17) is 0 Å². The number of aliphatic hydroxyl groups excluding tert-OH is 1. The van der Waals surface area contributed by atoms with Crippen LogP contribution in [0.5, 0.6) is 0 Å². The van der Waals surface area contributed by atoms with E-state index >= 15 is 0 Å². The minimum Gasteiger partial charge on any atom is -0.392 e. The summed E-state index contributed by atoms with van der Waals surface area (Å²) in [6.45, 7) is 9.70. The number of rotatable bonds is 2. The molecule has 0 saturated carbocycles. The molecule has 1 N–H and O–H groups in total. The highest BCUT2D eigenvalue weighted by molar-refractivity contribution is 5.48. The quantitative estimate of drug-likeness (QED) is 0.834. The van der Waals surface area contributed by atoms with Gasteiger partial charge in [-0.1, -0.05) is 27.7 Å². The minimum absolute atomic E-state index is 0.125. The Kier molecular flexibility index (Phi) is 5.42. The number of nitroso groups, excluding NO2 is 1. The van der Waals surface area contributed by atoms with E-state index in [0.29, 0.717) is 0 Å². The number of piperidine rings is 1. The summed E-state index contributed by atoms with van der Waals surface area (Å²) < 4.78 is 0. The van der Waals surface area contributed by atoms with Gasteiger partial charge in [-0.15, -0.1) is 4.91 Å². The number of anilines is 1. The molecule has 0 aliphatic carbocycles. The lowest BCUT2D eigenvalue weighted by molar-refractivity contribution is 0.0336. The van der Waals surface area contributed by atoms with Crippen molar-refractivity contribution in [2.75, 3.05) is 18.0 Å². The van der Waals surface area contributed by atoms with Gasteiger partial charge in [0.25, 0.3) is 0 Å². The van der Waals surface area contributed by atoms with Crippen molar-refractivity contribution in [1.82, 2.24) is 4.98 Å². The van der Waals surface area contributed by atoms with E-state index in [2.05, 4.69) is 28.9 Å². The first-order valence-electron chi connectivity index (χ1n) is 6.75. The van der Waals surface area contributed by atoms with Crippen LogP contribution in [0.4, 0.5) is 11.5 Å². The predicted octanol–water partition coefficient (Wildman–Crippen LogP) is 3.10. The van der Waals surface area contributed by atoms with Crippen molar-refractivity contribution in [1.29, 1.82) is 0 Å². The zero-order valence-electron chi connectivity index (χ0n) is 12.1. The van der Waals surface area contributed by atoms with Gasteiger partial charge in [-0.25, -0.2) is 4.98 Å². The molecular weight excluding hydrogens is 242 g/mol. The molecule has 1 aliphatic rings. The maximum absolute atomic E-state index is 10.3. The van der Waals surface area contributed by atoms with E-state index in [9.17, 15) is 10.0 Å². The lowest BCUT2D eigenvalue weighted by Crippen LogP contribution is -2.48. The zero-order valence-corrected chi connectivity index (χ0v) is 12.1. The van der Waals surface area contributed by atoms with Crippen LogP contribution in [0.3, 0.4) is 0 Å². The molecule has 1 aromatic heterocycles. The maximum atomic E-state index is 10.3. The highest BCUT2D eigenvalue weighted by Gasteiger charge is 2.34. The third-order valence-electron chi connectivity index (χ3n) is 3.36. The molecule has 2 heterocycles. The summed E-state index contributed by atoms with van der Waals surface area (Å²) in [7, 11) is 0. The van der Waals surface area contributed by atoms with Gasteiger partial charge in [0, 0.05) is 18.5 Å². The SMILES string of the molecule is CC.CC1(C)CN(c2ccc(N=O)nc2)CCC1O. The molecule has 1 saturated heterocycles. The van der Waals surface area contributed by atoms with Crippen LogP contribution in [0.25, 0.3) is 0 Å². The fourth-order valence-corrected chi connectivity index (χ4v) is 2.18. The number of aromatic nitrogens is 1. The first-order valence-corrected chi connectivity index (χ1v) is 6.75. The Morgan fingerprint density at radius 1 is 1.42 bits per heavy atom. The van der Waals surface area contributed by atoms with Gasteiger partial charge in [0.1, 0.15) is 0 Å². The Bertz CT molecular complexity index is 404. The van der Waals surface area contributed by atoms with Crippen LogP contribution in [0.1, 0.15) is 34.1 Å². The average molecular weight is 265 g/mol. The van der Waals surface area contributed by atoms with Gasteiger partial charge in [-0.05, 0) is 23.7 Å². The Morgan fingerprint density at radius 3 is 2.58 bits per heavy atom. The summed E-state index contributed by atoms with van der Waals surface area (Å²) in [4.78, 5) is 16.4. The van der Waals surface area contributed by atoms with Crippen molar-refractivity contribution in [2.24, 2.45) is 10.6 Å². The summed E-state index contributed by atoms with van der Waals surface area (Å²) in [5.41, 5.74) is 0.845. The van der Waals surface area contributed by atoms with Crippen molar-refractivity contribution in [2.45, 2.75) is 40.2 Å². The van der Waals surface area contributed by atoms with Crippen molar-refractivity contribution < 1.29 is 5.11 Å². The molecule has 1 fully saturated rings. The fourth-order valence-electron chi connectivity index (χ4n) is 2.18. The minimum atomic E-state index is -0.261. The number of hydrogen-bond acceptors (Lipinski definition) is 5. The topological polar surface area (TPSA) is 65.8 Å². The first-order chi connectivity index (χ1) is 9.03. The van der Waals surface area contributed by atoms with Crippen molar-refractivity contribution >= 4 is 11.5 Å². The van der Waals surface area contributed by atoms with Gasteiger partial charge in [0.2, 0.25) is 0 Å². The molecule has 0 amide bonds. The van der Waals surface area contributed by atoms with E-state index < -0.39 is 0 Å². The average Bonchev–Trinajstić information content (AvgIpc) is 2.44. The second kappa shape index (κ2) is 6.61. The van der Waals surface area contributed by atoms with E-state index in [1.54, 1.807) is 12.3 Å². The molecule has 2 rings (SSSR count). The molecule has 106 valence electrons. The van der Waals surface area contributed by atoms with Gasteiger partial charge in [0.15, 0.2) is 5.82 Å². The van der Waals surface area contributed by atoms with Gasteiger partial charge in [0.05, 0.1) is 18.0 Å². The largest absolute Gasteiger partial charge is 0.392 e. The molecular formula is C14H23N3O2. The first kappa shape index (κ1) is 15.6. The molecule has 0 aromatic carbocycles. The Hall–Kier alpha value is -1.49. The predicted molar refractivity (Wildman–Crippen MR) is 77.7 cm³/mol. The normalized spacial score (nSPS) is 21.3. The molecule has 1 aromatic rings. The summed E-state index contributed by atoms with van der Waals surface area (Å²) >= 11 is 0. The monoisotopic (exact) mass is 265 g/mol. The molecule has 0 radical (unpaired) electrons. The van der Waals surface area contributed by atoms with Crippen LogP contribution in [-0.2, 0) is 0 Å². The molecule has 1 atom stereocenters. The summed E-state index contributed by atoms with van der Waals surface area (Å²) in [5, 5.41) is 12.7. The lowest BCUT2D eigenvalue weighted by atomic mass is 9.81. The second-order valence-corrected chi connectivity index (χ2v) is 5.18. The number of nitrogens with zero attached hydrogens (tertiary/aromatic N) is 3. The van der Waals surface area contributed by atoms with Gasteiger partial charge in [-0.2, -0.15) is 0 Å². The fraction of sp³-hybridized carbons (Fsp3) is 0.643. The molecule has 1 unspecified atom stereocenters. The van der Waals surface area contributed by atoms with Crippen molar-refractivity contribution in [3.63, 3.8) is 0 Å². The number of aliphatic hydroxyl groups is 1. The Labute approximate surface area is 114 Å². The smallest absolute Gasteiger partial charge is 0.196 e. The van der Waals surface area contributed by atoms with Crippen LogP contribution >= 0.6 is 0 Å². The van der Waals surface area contributed by atoms with Crippen molar-refractivity contribution in [3.8, 4) is 0 Å². The summed E-state index contributed by atoms with van der Waals surface area (Å²) in [5.74, 6) is 0.199. The standard InChI is InChI=1S/C12H17N3O2.C2H6/c1-12(2)8-15(6-5-10(12)16)9-3-4-11(14-17)13-7-9;1-2/h3-4,7,10,16H,5-6,8H2,1-2H3;1-2H3. The van der Waals surface area contributed by atoms with E-state index in [1.165, 1.54) is 0 Å². The zero-order chi connectivity index (χ0) is 14.5. The molecule has 19 heavy (non-hydrogen) atoms. The molecule has 1 aliphatic heterocycles. The van der Waals surface area contributed by atoms with E-state index in [1.807, 2.05) is 19.9 Å². The Morgan fingerprint density at radius 2 is 2.11 bits per heavy atom.